The second-order valence-electron chi connectivity index (χ2n) is 5.50. The van der Waals surface area contributed by atoms with Crippen LogP contribution in [0.3, 0.4) is 0 Å². The first kappa shape index (κ1) is 17.9. The van der Waals surface area contributed by atoms with Crippen LogP contribution in [-0.2, 0) is 19.1 Å². The molecule has 26 heavy (non-hydrogen) atoms. The molecule has 0 aromatic heterocycles. The highest BCUT2D eigenvalue weighted by Crippen LogP contribution is 2.19. The van der Waals surface area contributed by atoms with Gasteiger partial charge >= 0.3 is 0 Å². The van der Waals surface area contributed by atoms with Crippen molar-refractivity contribution in [3.63, 3.8) is 0 Å². The zero-order valence-electron chi connectivity index (χ0n) is 13.9. The number of hydrazone groups is 1. The molecule has 1 fully saturated rings. The van der Waals surface area contributed by atoms with Gasteiger partial charge in [0.2, 0.25) is 17.7 Å². The lowest BCUT2D eigenvalue weighted by molar-refractivity contribution is -0.146. The number of benzene rings is 1. The Bertz CT molecular complexity index is 766. The Kier molecular flexibility index (Phi) is 5.21. The summed E-state index contributed by atoms with van der Waals surface area (Å²) < 4.78 is 5.54. The minimum atomic E-state index is -1.23. The van der Waals surface area contributed by atoms with Crippen LogP contribution >= 0.6 is 11.8 Å². The highest BCUT2D eigenvalue weighted by Gasteiger charge is 2.37. The maximum Gasteiger partial charge on any atom is 0.288 e. The van der Waals surface area contributed by atoms with E-state index >= 15 is 0 Å². The molecule has 2 aliphatic rings. The normalized spacial score (nSPS) is 19.4. The lowest BCUT2D eigenvalue weighted by atomic mass is 10.2. The summed E-state index contributed by atoms with van der Waals surface area (Å²) in [5, 5.41) is 7.25. The van der Waals surface area contributed by atoms with Gasteiger partial charge < -0.3 is 10.1 Å². The third-order valence-corrected chi connectivity index (χ3v) is 4.55. The highest BCUT2D eigenvalue weighted by atomic mass is 32.2. The topological polar surface area (TPSA) is 108 Å². The van der Waals surface area contributed by atoms with Crippen molar-refractivity contribution in [3.8, 4) is 0 Å². The minimum Gasteiger partial charge on any atom is -0.440 e. The van der Waals surface area contributed by atoms with E-state index in [1.165, 1.54) is 6.92 Å². The standard InChI is InChI=1S/C16H16N4O5S/c1-10(21)20-15(25-14(18-20)11-5-3-2-4-6-11)13(23)17-7-8-19-12(22)9-26-16(19)24/h2-6,15H,7-9H2,1H3,(H,17,23). The SMILES string of the molecule is CC(=O)N1N=C(c2ccccc2)OC1C(=O)NCCN1C(=O)CSC1=O. The number of ether oxygens (including phenoxy) is 1. The number of carbonyl (C=O) groups is 4. The molecule has 2 aliphatic heterocycles. The third-order valence-electron chi connectivity index (χ3n) is 3.69. The first-order valence-electron chi connectivity index (χ1n) is 7.82. The van der Waals surface area contributed by atoms with Gasteiger partial charge in [-0.3, -0.25) is 24.1 Å². The van der Waals surface area contributed by atoms with E-state index in [2.05, 4.69) is 10.4 Å². The maximum atomic E-state index is 12.4. The van der Waals surface area contributed by atoms with Gasteiger partial charge in [0.15, 0.2) is 0 Å². The Hall–Kier alpha value is -2.88. The van der Waals surface area contributed by atoms with E-state index in [9.17, 15) is 19.2 Å². The number of nitrogens with one attached hydrogen (secondary N) is 1. The van der Waals surface area contributed by atoms with Gasteiger partial charge in [0.05, 0.1) is 5.75 Å². The molecule has 1 atom stereocenters. The van der Waals surface area contributed by atoms with Crippen molar-refractivity contribution < 1.29 is 23.9 Å². The Morgan fingerprint density at radius 3 is 2.65 bits per heavy atom. The highest BCUT2D eigenvalue weighted by molar-refractivity contribution is 8.14. The van der Waals surface area contributed by atoms with Crippen LogP contribution in [0.4, 0.5) is 4.79 Å². The molecule has 0 spiro atoms. The summed E-state index contributed by atoms with van der Waals surface area (Å²) in [7, 11) is 0. The molecule has 1 N–H and O–H groups in total. The van der Waals surface area contributed by atoms with Crippen molar-refractivity contribution in [2.75, 3.05) is 18.8 Å². The van der Waals surface area contributed by atoms with E-state index in [1.54, 1.807) is 24.3 Å². The molecule has 2 heterocycles. The molecule has 3 rings (SSSR count). The van der Waals surface area contributed by atoms with Gasteiger partial charge in [-0.15, -0.1) is 5.10 Å². The van der Waals surface area contributed by atoms with Crippen molar-refractivity contribution in [2.24, 2.45) is 5.10 Å². The predicted molar refractivity (Wildman–Crippen MR) is 92.9 cm³/mol. The minimum absolute atomic E-state index is 0.0587. The predicted octanol–water partition coefficient (Wildman–Crippen LogP) is 0.365. The number of hydrogen-bond donors (Lipinski definition) is 1. The van der Waals surface area contributed by atoms with Crippen LogP contribution in [0.2, 0.25) is 0 Å². The fraction of sp³-hybridized carbons (Fsp3) is 0.312. The van der Waals surface area contributed by atoms with Crippen LogP contribution in [0.1, 0.15) is 12.5 Å². The van der Waals surface area contributed by atoms with Gasteiger partial charge in [0.1, 0.15) is 0 Å². The van der Waals surface area contributed by atoms with Crippen molar-refractivity contribution >= 4 is 40.6 Å². The summed E-state index contributed by atoms with van der Waals surface area (Å²) in [5.74, 6) is -1.03. The monoisotopic (exact) mass is 376 g/mol. The van der Waals surface area contributed by atoms with Crippen LogP contribution in [0, 0.1) is 0 Å². The maximum absolute atomic E-state index is 12.4. The lowest BCUT2D eigenvalue weighted by Crippen LogP contribution is -2.47. The number of rotatable bonds is 5. The molecule has 4 amide bonds. The molecule has 0 bridgehead atoms. The van der Waals surface area contributed by atoms with E-state index in [-0.39, 0.29) is 35.9 Å². The third kappa shape index (κ3) is 3.69. The van der Waals surface area contributed by atoms with Gasteiger partial charge in [0, 0.05) is 25.6 Å². The number of carbonyl (C=O) groups excluding carboxylic acids is 4. The molecule has 1 saturated heterocycles. The Labute approximate surface area is 153 Å². The molecule has 1 aromatic rings. The number of amides is 4. The summed E-state index contributed by atoms with van der Waals surface area (Å²) in [4.78, 5) is 48.3. The van der Waals surface area contributed by atoms with Gasteiger partial charge in [-0.1, -0.05) is 30.0 Å². The van der Waals surface area contributed by atoms with Crippen molar-refractivity contribution in [2.45, 2.75) is 13.2 Å². The summed E-state index contributed by atoms with van der Waals surface area (Å²) in [6.45, 7) is 1.40. The fourth-order valence-electron chi connectivity index (χ4n) is 2.41. The molecule has 0 saturated carbocycles. The van der Waals surface area contributed by atoms with Crippen LogP contribution in [0.15, 0.2) is 35.4 Å². The van der Waals surface area contributed by atoms with E-state index in [4.69, 9.17) is 4.74 Å². The zero-order chi connectivity index (χ0) is 18.7. The first-order chi connectivity index (χ1) is 12.5. The van der Waals surface area contributed by atoms with Gasteiger partial charge in [-0.25, -0.2) is 0 Å². The molecule has 0 radical (unpaired) electrons. The summed E-state index contributed by atoms with van der Waals surface area (Å²) in [6, 6.07) is 8.90. The molecule has 1 aromatic carbocycles. The van der Waals surface area contributed by atoms with Crippen LogP contribution in [0.5, 0.6) is 0 Å². The Balaban J connectivity index is 1.61. The van der Waals surface area contributed by atoms with Gasteiger partial charge in [-0.2, -0.15) is 5.01 Å². The quantitative estimate of drug-likeness (QED) is 0.795. The molecule has 1 unspecified atom stereocenters. The largest absolute Gasteiger partial charge is 0.440 e. The number of hydrogen-bond acceptors (Lipinski definition) is 7. The van der Waals surface area contributed by atoms with E-state index in [0.717, 1.165) is 21.7 Å². The molecule has 0 aliphatic carbocycles. The van der Waals surface area contributed by atoms with Crippen molar-refractivity contribution in [1.29, 1.82) is 0 Å². The molecule has 10 heteroatoms. The van der Waals surface area contributed by atoms with E-state index < -0.39 is 18.0 Å². The Morgan fingerprint density at radius 1 is 1.31 bits per heavy atom. The number of nitrogens with zero attached hydrogens (tertiary/aromatic N) is 3. The Morgan fingerprint density at radius 2 is 2.04 bits per heavy atom. The van der Waals surface area contributed by atoms with Crippen LogP contribution in [-0.4, -0.2) is 63.8 Å². The van der Waals surface area contributed by atoms with Crippen LogP contribution in [0.25, 0.3) is 0 Å². The average Bonchev–Trinajstić information content (AvgIpc) is 3.21. The summed E-state index contributed by atoms with van der Waals surface area (Å²) in [5.41, 5.74) is 0.638. The zero-order valence-corrected chi connectivity index (χ0v) is 14.7. The average molecular weight is 376 g/mol. The number of imide groups is 1. The van der Waals surface area contributed by atoms with Crippen molar-refractivity contribution in [1.82, 2.24) is 15.2 Å². The second kappa shape index (κ2) is 7.56. The number of thioether (sulfide) groups is 1. The summed E-state index contributed by atoms with van der Waals surface area (Å²) in [6.07, 6.45) is -1.23. The molecule has 136 valence electrons. The summed E-state index contributed by atoms with van der Waals surface area (Å²) >= 11 is 0.929. The second-order valence-corrected chi connectivity index (χ2v) is 6.42. The van der Waals surface area contributed by atoms with Crippen LogP contribution < -0.4 is 5.32 Å². The van der Waals surface area contributed by atoms with Gasteiger partial charge in [-0.05, 0) is 12.1 Å². The van der Waals surface area contributed by atoms with E-state index in [0.29, 0.717) is 5.56 Å². The first-order valence-corrected chi connectivity index (χ1v) is 8.81. The lowest BCUT2D eigenvalue weighted by Gasteiger charge is -2.19. The molecular weight excluding hydrogens is 360 g/mol. The van der Waals surface area contributed by atoms with Crippen molar-refractivity contribution in [3.05, 3.63) is 35.9 Å². The van der Waals surface area contributed by atoms with Gasteiger partial charge in [0.25, 0.3) is 17.4 Å². The fourth-order valence-corrected chi connectivity index (χ4v) is 3.16. The molecular formula is C16H16N4O5S. The smallest absolute Gasteiger partial charge is 0.288 e. The molecule has 9 nitrogen and oxygen atoms in total. The van der Waals surface area contributed by atoms with E-state index in [1.807, 2.05) is 6.07 Å².